The number of carbonyl (C=O) groups is 1. The highest BCUT2D eigenvalue weighted by molar-refractivity contribution is 5.76. The van der Waals surface area contributed by atoms with Gasteiger partial charge in [0.05, 0.1) is 0 Å². The first-order chi connectivity index (χ1) is 6.29. The predicted molar refractivity (Wildman–Crippen MR) is 56.1 cm³/mol. The van der Waals surface area contributed by atoms with Gasteiger partial charge in [0, 0.05) is 0 Å². The van der Waals surface area contributed by atoms with Crippen LogP contribution in [0.4, 0.5) is 0 Å². The summed E-state index contributed by atoms with van der Waals surface area (Å²) in [7, 11) is 0. The maximum atomic E-state index is 10.7. The monoisotopic (exact) mass is 202 g/mol. The Hall–Kier alpha value is -0.570. The zero-order valence-electron chi connectivity index (χ0n) is 9.58. The van der Waals surface area contributed by atoms with Crippen LogP contribution in [-0.2, 0) is 4.79 Å². The van der Waals surface area contributed by atoms with Crippen molar-refractivity contribution < 1.29 is 15.0 Å². The molecule has 0 saturated heterocycles. The molecule has 0 aromatic rings. The molecule has 0 bridgehead atoms. The zero-order valence-corrected chi connectivity index (χ0v) is 9.58. The van der Waals surface area contributed by atoms with Gasteiger partial charge >= 0.3 is 5.97 Å². The summed E-state index contributed by atoms with van der Waals surface area (Å²) in [6, 6.07) is 0. The van der Waals surface area contributed by atoms with E-state index in [1.165, 1.54) is 6.92 Å². The number of carboxylic acids is 1. The van der Waals surface area contributed by atoms with Gasteiger partial charge in [0.15, 0.2) is 5.60 Å². The molecule has 0 aromatic heterocycles. The first kappa shape index (κ1) is 13.4. The van der Waals surface area contributed by atoms with Crippen molar-refractivity contribution in [1.29, 1.82) is 0 Å². The summed E-state index contributed by atoms with van der Waals surface area (Å²) in [5.41, 5.74) is -1.58. The van der Waals surface area contributed by atoms with Crippen molar-refractivity contribution in [3.63, 3.8) is 0 Å². The third-order valence-corrected chi connectivity index (χ3v) is 2.71. The first-order valence-corrected chi connectivity index (χ1v) is 5.25. The molecule has 0 rings (SSSR count). The van der Waals surface area contributed by atoms with Crippen LogP contribution in [0.25, 0.3) is 0 Å². The summed E-state index contributed by atoms with van der Waals surface area (Å²) in [5.74, 6) is -0.292. The maximum Gasteiger partial charge on any atom is 0.335 e. The Morgan fingerprint density at radius 1 is 1.36 bits per heavy atom. The molecule has 0 aliphatic carbocycles. The van der Waals surface area contributed by atoms with E-state index in [1.807, 2.05) is 6.92 Å². The largest absolute Gasteiger partial charge is 0.479 e. The van der Waals surface area contributed by atoms with Gasteiger partial charge in [-0.2, -0.15) is 0 Å². The fraction of sp³-hybridized carbons (Fsp3) is 0.909. The van der Waals surface area contributed by atoms with Gasteiger partial charge in [-0.3, -0.25) is 0 Å². The molecule has 14 heavy (non-hydrogen) atoms. The van der Waals surface area contributed by atoms with Gasteiger partial charge in [-0.15, -0.1) is 0 Å². The van der Waals surface area contributed by atoms with Crippen molar-refractivity contribution in [1.82, 2.24) is 0 Å². The van der Waals surface area contributed by atoms with Crippen LogP contribution in [0.5, 0.6) is 0 Å². The lowest BCUT2D eigenvalue weighted by atomic mass is 9.86. The average molecular weight is 202 g/mol. The lowest BCUT2D eigenvalue weighted by Crippen LogP contribution is -2.36. The molecule has 3 heteroatoms. The summed E-state index contributed by atoms with van der Waals surface area (Å²) in [6.45, 7) is 7.62. The molecule has 3 atom stereocenters. The van der Waals surface area contributed by atoms with Crippen LogP contribution in [0.3, 0.4) is 0 Å². The number of rotatable bonds is 6. The molecule has 0 heterocycles. The second kappa shape index (κ2) is 5.35. The number of carboxylic acid groups (broad SMARTS) is 1. The molecule has 0 saturated carbocycles. The number of hydrogen-bond donors (Lipinski definition) is 2. The molecule has 0 spiro atoms. The molecule has 0 aromatic carbocycles. The Kier molecular flexibility index (Phi) is 5.13. The lowest BCUT2D eigenvalue weighted by molar-refractivity contribution is -0.158. The van der Waals surface area contributed by atoms with Gasteiger partial charge in [0.2, 0.25) is 0 Å². The predicted octanol–water partition coefficient (Wildman–Crippen LogP) is 2.28. The van der Waals surface area contributed by atoms with Crippen LogP contribution < -0.4 is 0 Å². The summed E-state index contributed by atoms with van der Waals surface area (Å²) in [6.07, 6.45) is 2.39. The maximum absolute atomic E-state index is 10.7. The van der Waals surface area contributed by atoms with E-state index >= 15 is 0 Å². The highest BCUT2D eigenvalue weighted by atomic mass is 16.4. The number of aliphatic carboxylic acids is 1. The fourth-order valence-corrected chi connectivity index (χ4v) is 1.70. The van der Waals surface area contributed by atoms with Gasteiger partial charge < -0.3 is 10.2 Å². The standard InChI is InChI=1S/C11H22O3/c1-5-8(2)6-9(3)7-11(4,14)10(12)13/h8-9,14H,5-7H2,1-4H3,(H,12,13). The molecule has 2 N–H and O–H groups in total. The molecule has 3 unspecified atom stereocenters. The number of aliphatic hydroxyl groups is 1. The van der Waals surface area contributed by atoms with Gasteiger partial charge in [0.1, 0.15) is 0 Å². The topological polar surface area (TPSA) is 57.5 Å². The smallest absolute Gasteiger partial charge is 0.335 e. The SMILES string of the molecule is CCC(C)CC(C)CC(C)(O)C(=O)O. The summed E-state index contributed by atoms with van der Waals surface area (Å²) in [4.78, 5) is 10.7. The minimum atomic E-state index is -1.58. The third kappa shape index (κ3) is 4.61. The van der Waals surface area contributed by atoms with E-state index in [0.717, 1.165) is 12.8 Å². The molecule has 0 fully saturated rings. The Labute approximate surface area is 86.1 Å². The van der Waals surface area contributed by atoms with Gasteiger partial charge in [-0.25, -0.2) is 4.79 Å². The van der Waals surface area contributed by atoms with Crippen LogP contribution in [-0.4, -0.2) is 21.8 Å². The second-order valence-electron chi connectivity index (χ2n) is 4.64. The minimum absolute atomic E-state index is 0.246. The van der Waals surface area contributed by atoms with Crippen LogP contribution in [0.2, 0.25) is 0 Å². The Balaban J connectivity index is 4.05. The molecule has 0 amide bonds. The van der Waals surface area contributed by atoms with Crippen molar-refractivity contribution in [2.24, 2.45) is 11.8 Å². The minimum Gasteiger partial charge on any atom is -0.479 e. The molecular weight excluding hydrogens is 180 g/mol. The average Bonchev–Trinajstić information content (AvgIpc) is 2.02. The highest BCUT2D eigenvalue weighted by Crippen LogP contribution is 2.23. The van der Waals surface area contributed by atoms with Gasteiger partial charge in [0.25, 0.3) is 0 Å². The van der Waals surface area contributed by atoms with E-state index in [-0.39, 0.29) is 5.92 Å². The van der Waals surface area contributed by atoms with Gasteiger partial charge in [-0.05, 0) is 31.6 Å². The quantitative estimate of drug-likeness (QED) is 0.694. The Morgan fingerprint density at radius 3 is 2.21 bits per heavy atom. The first-order valence-electron chi connectivity index (χ1n) is 5.25. The molecule has 0 radical (unpaired) electrons. The molecule has 84 valence electrons. The lowest BCUT2D eigenvalue weighted by Gasteiger charge is -2.23. The summed E-state index contributed by atoms with van der Waals surface area (Å²) >= 11 is 0. The molecule has 3 nitrogen and oxygen atoms in total. The van der Waals surface area contributed by atoms with Crippen molar-refractivity contribution >= 4 is 5.97 Å². The normalized spacial score (nSPS) is 19.8. The number of hydrogen-bond acceptors (Lipinski definition) is 2. The molecule has 0 aliphatic rings. The van der Waals surface area contributed by atoms with Crippen molar-refractivity contribution in [2.75, 3.05) is 0 Å². The Morgan fingerprint density at radius 2 is 1.86 bits per heavy atom. The van der Waals surface area contributed by atoms with E-state index in [0.29, 0.717) is 12.3 Å². The Bertz CT molecular complexity index is 187. The van der Waals surface area contributed by atoms with E-state index in [4.69, 9.17) is 5.11 Å². The van der Waals surface area contributed by atoms with Crippen molar-refractivity contribution in [3.8, 4) is 0 Å². The van der Waals surface area contributed by atoms with Gasteiger partial charge in [-0.1, -0.05) is 27.2 Å². The van der Waals surface area contributed by atoms with E-state index in [9.17, 15) is 9.90 Å². The highest BCUT2D eigenvalue weighted by Gasteiger charge is 2.31. The molecular formula is C11H22O3. The summed E-state index contributed by atoms with van der Waals surface area (Å²) < 4.78 is 0. The van der Waals surface area contributed by atoms with Crippen LogP contribution in [0.15, 0.2) is 0 Å². The van der Waals surface area contributed by atoms with Crippen LogP contribution in [0.1, 0.15) is 47.0 Å². The van der Waals surface area contributed by atoms with Crippen LogP contribution >= 0.6 is 0 Å². The van der Waals surface area contributed by atoms with E-state index < -0.39 is 11.6 Å². The van der Waals surface area contributed by atoms with Crippen molar-refractivity contribution in [2.45, 2.75) is 52.6 Å². The second-order valence-corrected chi connectivity index (χ2v) is 4.64. The fourth-order valence-electron chi connectivity index (χ4n) is 1.70. The van der Waals surface area contributed by atoms with E-state index in [1.54, 1.807) is 0 Å². The summed E-state index contributed by atoms with van der Waals surface area (Å²) in [5, 5.41) is 18.3. The third-order valence-electron chi connectivity index (χ3n) is 2.71. The van der Waals surface area contributed by atoms with Crippen LogP contribution in [0, 0.1) is 11.8 Å². The van der Waals surface area contributed by atoms with E-state index in [2.05, 4.69) is 13.8 Å². The zero-order chi connectivity index (χ0) is 11.4. The van der Waals surface area contributed by atoms with Crippen molar-refractivity contribution in [3.05, 3.63) is 0 Å². The molecule has 0 aliphatic heterocycles.